The van der Waals surface area contributed by atoms with Crippen molar-refractivity contribution in [2.75, 3.05) is 19.0 Å². The van der Waals surface area contributed by atoms with Crippen LogP contribution in [-0.4, -0.2) is 25.6 Å². The van der Waals surface area contributed by atoms with Gasteiger partial charge in [0, 0.05) is 5.69 Å². The summed E-state index contributed by atoms with van der Waals surface area (Å²) in [5.74, 6) is -0.628. The summed E-state index contributed by atoms with van der Waals surface area (Å²) in [6.45, 7) is -0.461. The van der Waals surface area contributed by atoms with Crippen LogP contribution in [0.25, 0.3) is 6.08 Å². The molecule has 2 aromatic carbocycles. The minimum absolute atomic E-state index is 0.185. The summed E-state index contributed by atoms with van der Waals surface area (Å²) in [6, 6.07) is 14.5. The number of methoxy groups -OCH3 is 1. The number of ether oxygens (including phenoxy) is 2. The van der Waals surface area contributed by atoms with Gasteiger partial charge in [-0.1, -0.05) is 18.2 Å². The van der Waals surface area contributed by atoms with Crippen molar-refractivity contribution in [3.8, 4) is 11.8 Å². The number of hydrogen-bond acceptors (Lipinski definition) is 5. The third-order valence-corrected chi connectivity index (χ3v) is 4.48. The van der Waals surface area contributed by atoms with Crippen molar-refractivity contribution < 1.29 is 19.1 Å². The minimum Gasteiger partial charge on any atom is -0.497 e. The Morgan fingerprint density at radius 1 is 1.14 bits per heavy atom. The highest BCUT2D eigenvalue weighted by atomic mass is 16.5. The van der Waals surface area contributed by atoms with Crippen LogP contribution in [0, 0.1) is 11.3 Å². The molecule has 0 bridgehead atoms. The van der Waals surface area contributed by atoms with Gasteiger partial charge in [-0.2, -0.15) is 5.26 Å². The van der Waals surface area contributed by atoms with Gasteiger partial charge in [0.15, 0.2) is 6.61 Å². The summed E-state index contributed by atoms with van der Waals surface area (Å²) < 4.78 is 10.0. The smallest absolute Gasteiger partial charge is 0.349 e. The molecule has 0 fully saturated rings. The number of carbonyl (C=O) groups is 2. The largest absolute Gasteiger partial charge is 0.497 e. The van der Waals surface area contributed by atoms with E-state index < -0.39 is 18.5 Å². The van der Waals surface area contributed by atoms with Gasteiger partial charge in [0.1, 0.15) is 17.4 Å². The zero-order valence-electron chi connectivity index (χ0n) is 15.5. The highest BCUT2D eigenvalue weighted by Gasteiger charge is 2.15. The SMILES string of the molecule is COc1ccc(/C=C(\C#N)C(=O)OCC(=O)Nc2ccc3c(c2)CCC3)cc1. The molecule has 1 N–H and O–H groups in total. The van der Waals surface area contributed by atoms with Crippen molar-refractivity contribution >= 4 is 23.6 Å². The number of amides is 1. The molecule has 0 aliphatic heterocycles. The van der Waals surface area contributed by atoms with Crippen molar-refractivity contribution in [1.82, 2.24) is 0 Å². The van der Waals surface area contributed by atoms with Crippen molar-refractivity contribution in [1.29, 1.82) is 5.26 Å². The molecule has 1 amide bonds. The van der Waals surface area contributed by atoms with Crippen molar-refractivity contribution in [2.24, 2.45) is 0 Å². The molecule has 0 saturated carbocycles. The first-order valence-electron chi connectivity index (χ1n) is 8.93. The maximum absolute atomic E-state index is 12.1. The van der Waals surface area contributed by atoms with E-state index in [1.54, 1.807) is 37.4 Å². The van der Waals surface area contributed by atoms with Crippen molar-refractivity contribution in [3.63, 3.8) is 0 Å². The Morgan fingerprint density at radius 2 is 1.89 bits per heavy atom. The average Bonchev–Trinajstić information content (AvgIpc) is 3.18. The minimum atomic E-state index is -0.845. The van der Waals surface area contributed by atoms with Crippen LogP contribution in [0.5, 0.6) is 5.75 Å². The first-order valence-corrected chi connectivity index (χ1v) is 8.93. The molecule has 0 aromatic heterocycles. The maximum Gasteiger partial charge on any atom is 0.349 e. The monoisotopic (exact) mass is 376 g/mol. The number of nitriles is 1. The zero-order chi connectivity index (χ0) is 19.9. The third-order valence-electron chi connectivity index (χ3n) is 4.48. The first-order chi connectivity index (χ1) is 13.6. The molecule has 1 aliphatic carbocycles. The van der Waals surface area contributed by atoms with E-state index in [0.29, 0.717) is 17.0 Å². The van der Waals surface area contributed by atoms with Gasteiger partial charge in [0.25, 0.3) is 5.91 Å². The van der Waals surface area contributed by atoms with E-state index in [2.05, 4.69) is 5.32 Å². The number of benzene rings is 2. The lowest BCUT2D eigenvalue weighted by Gasteiger charge is -2.08. The molecule has 28 heavy (non-hydrogen) atoms. The molecule has 6 heteroatoms. The van der Waals surface area contributed by atoms with Gasteiger partial charge in [-0.15, -0.1) is 0 Å². The summed E-state index contributed by atoms with van der Waals surface area (Å²) in [4.78, 5) is 24.1. The Kier molecular flexibility index (Phi) is 6.07. The lowest BCUT2D eigenvalue weighted by atomic mass is 10.1. The predicted molar refractivity (Wildman–Crippen MR) is 105 cm³/mol. The Morgan fingerprint density at radius 3 is 2.61 bits per heavy atom. The van der Waals surface area contributed by atoms with Crippen LogP contribution < -0.4 is 10.1 Å². The van der Waals surface area contributed by atoms with E-state index in [1.807, 2.05) is 18.2 Å². The number of aryl methyl sites for hydroxylation is 2. The number of nitrogens with zero attached hydrogens (tertiary/aromatic N) is 1. The molecule has 142 valence electrons. The van der Waals surface area contributed by atoms with Crippen molar-refractivity contribution in [2.45, 2.75) is 19.3 Å². The fourth-order valence-corrected chi connectivity index (χ4v) is 3.06. The van der Waals surface area contributed by atoms with Crippen LogP contribution in [-0.2, 0) is 27.2 Å². The fraction of sp³-hybridized carbons (Fsp3) is 0.227. The Bertz CT molecular complexity index is 955. The summed E-state index contributed by atoms with van der Waals surface area (Å²) in [6.07, 6.45) is 4.61. The van der Waals surface area contributed by atoms with E-state index in [9.17, 15) is 14.9 Å². The van der Waals surface area contributed by atoms with Crippen LogP contribution in [0.4, 0.5) is 5.69 Å². The second-order valence-electron chi connectivity index (χ2n) is 6.40. The molecular formula is C22H20N2O4. The summed E-state index contributed by atoms with van der Waals surface area (Å²) in [7, 11) is 1.55. The highest BCUT2D eigenvalue weighted by Crippen LogP contribution is 2.24. The van der Waals surface area contributed by atoms with E-state index in [0.717, 1.165) is 19.3 Å². The lowest BCUT2D eigenvalue weighted by molar-refractivity contribution is -0.142. The van der Waals surface area contributed by atoms with Gasteiger partial charge in [-0.3, -0.25) is 4.79 Å². The Balaban J connectivity index is 1.56. The van der Waals surface area contributed by atoms with Gasteiger partial charge >= 0.3 is 5.97 Å². The molecule has 0 radical (unpaired) electrons. The van der Waals surface area contributed by atoms with Crippen LogP contribution in [0.15, 0.2) is 48.0 Å². The predicted octanol–water partition coefficient (Wildman–Crippen LogP) is 3.27. The fourth-order valence-electron chi connectivity index (χ4n) is 3.06. The first kappa shape index (κ1) is 19.2. The topological polar surface area (TPSA) is 88.4 Å². The molecule has 0 unspecified atom stereocenters. The Labute approximate surface area is 163 Å². The van der Waals surface area contributed by atoms with Crippen LogP contribution >= 0.6 is 0 Å². The molecular weight excluding hydrogens is 356 g/mol. The third kappa shape index (κ3) is 4.77. The number of carbonyl (C=O) groups excluding carboxylic acids is 2. The van der Waals surface area contributed by atoms with Gasteiger partial charge in [-0.05, 0) is 66.3 Å². The van der Waals surface area contributed by atoms with Gasteiger partial charge in [0.05, 0.1) is 7.11 Å². The number of fused-ring (bicyclic) bond motifs is 1. The lowest BCUT2D eigenvalue weighted by Crippen LogP contribution is -2.21. The van der Waals surface area contributed by atoms with E-state index in [4.69, 9.17) is 9.47 Å². The van der Waals surface area contributed by atoms with Crippen molar-refractivity contribution in [3.05, 3.63) is 64.7 Å². The molecule has 0 atom stereocenters. The molecule has 6 nitrogen and oxygen atoms in total. The quantitative estimate of drug-likeness (QED) is 0.475. The van der Waals surface area contributed by atoms with Gasteiger partial charge < -0.3 is 14.8 Å². The summed E-state index contributed by atoms with van der Waals surface area (Å²) >= 11 is 0. The summed E-state index contributed by atoms with van der Waals surface area (Å²) in [5.41, 5.74) is 3.69. The molecule has 0 saturated heterocycles. The number of anilines is 1. The number of esters is 1. The normalized spacial score (nSPS) is 12.6. The maximum atomic E-state index is 12.1. The zero-order valence-corrected chi connectivity index (χ0v) is 15.5. The van der Waals surface area contributed by atoms with Crippen LogP contribution in [0.2, 0.25) is 0 Å². The number of rotatable bonds is 6. The van der Waals surface area contributed by atoms with Crippen LogP contribution in [0.3, 0.4) is 0 Å². The second-order valence-corrected chi connectivity index (χ2v) is 6.40. The van der Waals surface area contributed by atoms with E-state index in [1.165, 1.54) is 17.2 Å². The standard InChI is InChI=1S/C22H20N2O4/c1-27-20-9-5-15(6-10-20)11-18(13-23)22(26)28-14-21(25)24-19-8-7-16-3-2-4-17(16)12-19/h5-12H,2-4,14H2,1H3,(H,24,25)/b18-11+. The van der Waals surface area contributed by atoms with Crippen LogP contribution in [0.1, 0.15) is 23.1 Å². The summed E-state index contributed by atoms with van der Waals surface area (Å²) in [5, 5.41) is 11.9. The average molecular weight is 376 g/mol. The molecule has 2 aromatic rings. The molecule has 0 spiro atoms. The van der Waals surface area contributed by atoms with E-state index in [-0.39, 0.29) is 5.57 Å². The highest BCUT2D eigenvalue weighted by molar-refractivity contribution is 6.00. The Hall–Kier alpha value is -3.59. The number of nitrogens with one attached hydrogen (secondary N) is 1. The molecule has 1 aliphatic rings. The second kappa shape index (κ2) is 8.87. The van der Waals surface area contributed by atoms with E-state index >= 15 is 0 Å². The van der Waals surface area contributed by atoms with Gasteiger partial charge in [-0.25, -0.2) is 4.79 Å². The molecule has 0 heterocycles. The molecule has 3 rings (SSSR count). The van der Waals surface area contributed by atoms with Gasteiger partial charge in [0.2, 0.25) is 0 Å². The number of hydrogen-bond donors (Lipinski definition) is 1.